The number of hydrogen-bond donors (Lipinski definition) is 1. The fourth-order valence-electron chi connectivity index (χ4n) is 3.22. The first-order valence-electron chi connectivity index (χ1n) is 7.40. The molecular formula is C16H26N2O. The van der Waals surface area contributed by atoms with Gasteiger partial charge in [0.1, 0.15) is 0 Å². The van der Waals surface area contributed by atoms with Crippen LogP contribution >= 0.6 is 0 Å². The quantitative estimate of drug-likeness (QED) is 0.884. The summed E-state index contributed by atoms with van der Waals surface area (Å²) in [5.41, 5.74) is 1.16. The van der Waals surface area contributed by atoms with Gasteiger partial charge in [-0.3, -0.25) is 4.98 Å². The first-order valence-corrected chi connectivity index (χ1v) is 7.40. The highest BCUT2D eigenvalue weighted by Crippen LogP contribution is 2.42. The largest absolute Gasteiger partial charge is 0.376 e. The topological polar surface area (TPSA) is 34.2 Å². The molecule has 19 heavy (non-hydrogen) atoms. The second kappa shape index (κ2) is 6.49. The van der Waals surface area contributed by atoms with E-state index in [1.54, 1.807) is 0 Å². The third-order valence-corrected chi connectivity index (χ3v) is 4.48. The predicted octanol–water partition coefficient (Wildman–Crippen LogP) is 3.33. The smallest absolute Gasteiger partial charge is 0.0873 e. The summed E-state index contributed by atoms with van der Waals surface area (Å²) in [6.45, 7) is 5.43. The number of hydrogen-bond acceptors (Lipinski definition) is 3. The SMILES string of the molecule is CCNC(c1cccnc1)C1(OC)CCC(C)CC1. The van der Waals surface area contributed by atoms with Gasteiger partial charge in [0.2, 0.25) is 0 Å². The van der Waals surface area contributed by atoms with E-state index >= 15 is 0 Å². The van der Waals surface area contributed by atoms with Crippen LogP contribution in [0, 0.1) is 5.92 Å². The Balaban J connectivity index is 2.26. The minimum atomic E-state index is -0.0778. The molecule has 3 nitrogen and oxygen atoms in total. The van der Waals surface area contributed by atoms with Crippen LogP contribution in [0.3, 0.4) is 0 Å². The summed E-state index contributed by atoms with van der Waals surface area (Å²) in [7, 11) is 1.86. The fourth-order valence-corrected chi connectivity index (χ4v) is 3.22. The van der Waals surface area contributed by atoms with Crippen molar-refractivity contribution in [2.45, 2.75) is 51.2 Å². The molecule has 1 atom stereocenters. The van der Waals surface area contributed by atoms with Crippen molar-refractivity contribution in [2.75, 3.05) is 13.7 Å². The van der Waals surface area contributed by atoms with Crippen molar-refractivity contribution < 1.29 is 4.74 Å². The zero-order chi connectivity index (χ0) is 13.7. The lowest BCUT2D eigenvalue weighted by Crippen LogP contribution is -2.47. The summed E-state index contributed by atoms with van der Waals surface area (Å²) in [6, 6.07) is 4.40. The van der Waals surface area contributed by atoms with Crippen LogP contribution in [-0.2, 0) is 4.74 Å². The van der Waals surface area contributed by atoms with Crippen LogP contribution in [0.4, 0.5) is 0 Å². The molecule has 0 aromatic carbocycles. The molecule has 1 aromatic heterocycles. The number of likely N-dealkylation sites (N-methyl/N-ethyl adjacent to an activating group) is 1. The number of pyridine rings is 1. The normalized spacial score (nSPS) is 29.1. The molecule has 1 aromatic rings. The number of aromatic nitrogens is 1. The van der Waals surface area contributed by atoms with Gasteiger partial charge in [-0.25, -0.2) is 0 Å². The van der Waals surface area contributed by atoms with Crippen LogP contribution in [-0.4, -0.2) is 24.2 Å². The summed E-state index contributed by atoms with van der Waals surface area (Å²) in [4.78, 5) is 4.27. The second-order valence-corrected chi connectivity index (χ2v) is 5.73. The molecule has 0 radical (unpaired) electrons. The molecule has 1 aliphatic rings. The van der Waals surface area contributed by atoms with Crippen molar-refractivity contribution in [3.8, 4) is 0 Å². The number of ether oxygens (including phenoxy) is 1. The zero-order valence-electron chi connectivity index (χ0n) is 12.4. The van der Waals surface area contributed by atoms with Crippen molar-refractivity contribution in [3.05, 3.63) is 30.1 Å². The maximum atomic E-state index is 6.01. The van der Waals surface area contributed by atoms with Gasteiger partial charge in [0, 0.05) is 19.5 Å². The number of rotatable bonds is 5. The van der Waals surface area contributed by atoms with Gasteiger partial charge in [-0.2, -0.15) is 0 Å². The van der Waals surface area contributed by atoms with E-state index < -0.39 is 0 Å². The summed E-state index contributed by atoms with van der Waals surface area (Å²) < 4.78 is 6.01. The van der Waals surface area contributed by atoms with Gasteiger partial charge in [-0.1, -0.05) is 19.9 Å². The highest BCUT2D eigenvalue weighted by Gasteiger charge is 2.41. The second-order valence-electron chi connectivity index (χ2n) is 5.73. The molecule has 0 saturated heterocycles. The van der Waals surface area contributed by atoms with Gasteiger partial charge >= 0.3 is 0 Å². The molecule has 1 unspecified atom stereocenters. The van der Waals surface area contributed by atoms with Crippen LogP contribution in [0.1, 0.15) is 51.1 Å². The van der Waals surface area contributed by atoms with Crippen LogP contribution in [0.2, 0.25) is 0 Å². The molecule has 106 valence electrons. The standard InChI is InChI=1S/C16H26N2O/c1-4-18-15(14-6-5-11-17-12-14)16(19-3)9-7-13(2)8-10-16/h5-6,11-13,15,18H,4,7-10H2,1-3H3. The van der Waals surface area contributed by atoms with Gasteiger partial charge in [0.05, 0.1) is 11.6 Å². The maximum absolute atomic E-state index is 6.01. The minimum Gasteiger partial charge on any atom is -0.376 e. The Morgan fingerprint density at radius 1 is 1.47 bits per heavy atom. The lowest BCUT2D eigenvalue weighted by atomic mass is 9.73. The molecule has 1 N–H and O–H groups in total. The fraction of sp³-hybridized carbons (Fsp3) is 0.688. The molecule has 1 heterocycles. The Morgan fingerprint density at radius 2 is 2.21 bits per heavy atom. The monoisotopic (exact) mass is 262 g/mol. The predicted molar refractivity (Wildman–Crippen MR) is 78.0 cm³/mol. The van der Waals surface area contributed by atoms with Crippen molar-refractivity contribution in [1.29, 1.82) is 0 Å². The summed E-state index contributed by atoms with van der Waals surface area (Å²) in [6.07, 6.45) is 8.53. The van der Waals surface area contributed by atoms with Crippen molar-refractivity contribution in [2.24, 2.45) is 5.92 Å². The average Bonchev–Trinajstić information content (AvgIpc) is 2.47. The summed E-state index contributed by atoms with van der Waals surface area (Å²) in [5.74, 6) is 0.819. The van der Waals surface area contributed by atoms with Crippen LogP contribution in [0.25, 0.3) is 0 Å². The first kappa shape index (κ1) is 14.5. The van der Waals surface area contributed by atoms with Gasteiger partial charge in [-0.15, -0.1) is 0 Å². The van der Waals surface area contributed by atoms with Gasteiger partial charge in [-0.05, 0) is 49.8 Å². The number of nitrogens with zero attached hydrogens (tertiary/aromatic N) is 1. The van der Waals surface area contributed by atoms with Gasteiger partial charge in [0.15, 0.2) is 0 Å². The first-order chi connectivity index (χ1) is 9.22. The van der Waals surface area contributed by atoms with E-state index in [2.05, 4.69) is 30.2 Å². The molecule has 0 spiro atoms. The molecule has 1 fully saturated rings. The highest BCUT2D eigenvalue weighted by molar-refractivity contribution is 5.19. The van der Waals surface area contributed by atoms with E-state index in [-0.39, 0.29) is 11.6 Å². The van der Waals surface area contributed by atoms with E-state index in [0.717, 1.165) is 25.3 Å². The Morgan fingerprint density at radius 3 is 2.74 bits per heavy atom. The molecule has 0 bridgehead atoms. The number of methoxy groups -OCH3 is 1. The Hall–Kier alpha value is -0.930. The minimum absolute atomic E-state index is 0.0778. The molecule has 0 aliphatic heterocycles. The zero-order valence-corrected chi connectivity index (χ0v) is 12.4. The van der Waals surface area contributed by atoms with Crippen LogP contribution in [0.15, 0.2) is 24.5 Å². The van der Waals surface area contributed by atoms with E-state index in [1.165, 1.54) is 18.4 Å². The van der Waals surface area contributed by atoms with Crippen LogP contribution < -0.4 is 5.32 Å². The lowest BCUT2D eigenvalue weighted by molar-refractivity contribution is -0.0758. The summed E-state index contributed by atoms with van der Waals surface area (Å²) >= 11 is 0. The summed E-state index contributed by atoms with van der Waals surface area (Å²) in [5, 5.41) is 3.61. The molecule has 1 aliphatic carbocycles. The molecule has 3 heteroatoms. The molecule has 1 saturated carbocycles. The lowest BCUT2D eigenvalue weighted by Gasteiger charge is -2.44. The Labute approximate surface area is 116 Å². The molecule has 2 rings (SSSR count). The van der Waals surface area contributed by atoms with E-state index in [0.29, 0.717) is 0 Å². The molecular weight excluding hydrogens is 236 g/mol. The Kier molecular flexibility index (Phi) is 4.94. The van der Waals surface area contributed by atoms with Crippen molar-refractivity contribution in [3.63, 3.8) is 0 Å². The van der Waals surface area contributed by atoms with Crippen molar-refractivity contribution >= 4 is 0 Å². The van der Waals surface area contributed by atoms with E-state index in [1.807, 2.05) is 25.6 Å². The number of nitrogens with one attached hydrogen (secondary N) is 1. The van der Waals surface area contributed by atoms with Gasteiger partial charge < -0.3 is 10.1 Å². The van der Waals surface area contributed by atoms with E-state index in [4.69, 9.17) is 4.74 Å². The van der Waals surface area contributed by atoms with Gasteiger partial charge in [0.25, 0.3) is 0 Å². The molecule has 0 amide bonds. The Bertz CT molecular complexity index is 372. The highest BCUT2D eigenvalue weighted by atomic mass is 16.5. The average molecular weight is 262 g/mol. The third kappa shape index (κ3) is 3.15. The van der Waals surface area contributed by atoms with Crippen molar-refractivity contribution in [1.82, 2.24) is 10.3 Å². The third-order valence-electron chi connectivity index (χ3n) is 4.48. The van der Waals surface area contributed by atoms with Crippen LogP contribution in [0.5, 0.6) is 0 Å². The maximum Gasteiger partial charge on any atom is 0.0873 e. The van der Waals surface area contributed by atoms with E-state index in [9.17, 15) is 0 Å².